The molecule has 3 amide bonds. The molecule has 0 aromatic heterocycles. The van der Waals surface area contributed by atoms with E-state index in [9.17, 15) is 19.2 Å². The van der Waals surface area contributed by atoms with E-state index in [1.807, 2.05) is 0 Å². The first-order chi connectivity index (χ1) is 16.0. The molecule has 0 aliphatic rings. The van der Waals surface area contributed by atoms with Crippen LogP contribution in [0.1, 0.15) is 37.9 Å². The third-order valence-electron chi connectivity index (χ3n) is 4.44. The van der Waals surface area contributed by atoms with Crippen molar-refractivity contribution in [2.75, 3.05) is 26.0 Å². The number of carbonyl (C=O) groups is 4. The molecule has 9 nitrogen and oxygen atoms in total. The number of carbonyl (C=O) groups excluding carboxylic acids is 4. The highest BCUT2D eigenvalue weighted by atomic mass is 32.1. The molecule has 0 heterocycles. The van der Waals surface area contributed by atoms with Gasteiger partial charge in [0.25, 0.3) is 0 Å². The quantitative estimate of drug-likeness (QED) is 0.249. The number of methoxy groups -OCH3 is 1. The maximum atomic E-state index is 13.5. The number of nitrogens with zero attached hydrogens (tertiary/aromatic N) is 1. The van der Waals surface area contributed by atoms with Crippen LogP contribution in [0.25, 0.3) is 6.08 Å². The lowest BCUT2D eigenvalue weighted by molar-refractivity contribution is -0.144. The molecule has 1 aromatic carbocycles. The van der Waals surface area contributed by atoms with Crippen molar-refractivity contribution < 1.29 is 28.7 Å². The van der Waals surface area contributed by atoms with Gasteiger partial charge < -0.3 is 25.0 Å². The Morgan fingerprint density at radius 2 is 1.88 bits per heavy atom. The molecule has 0 saturated heterocycles. The topological polar surface area (TPSA) is 114 Å². The molecule has 0 spiro atoms. The molecular weight excluding hydrogens is 458 g/mol. The minimum absolute atomic E-state index is 0.0201. The Morgan fingerprint density at radius 1 is 1.21 bits per heavy atom. The second kappa shape index (κ2) is 13.4. The standard InChI is InChI=1S/C24H33N3O6S/c1-7-12-27(22(30)18(15-34)26-23(31)33-24(3,4)5)20(21(29)25-14-19(28)32-6)17-11-9-10-16(8-2)13-17/h7-11,13,18,20,34H,1-2,12,14-15H2,3-6H3,(H,25,29)(H,26,31). The first kappa shape index (κ1) is 28.8. The summed E-state index contributed by atoms with van der Waals surface area (Å²) in [6, 6.07) is 4.67. The van der Waals surface area contributed by atoms with Crippen LogP contribution in [0.3, 0.4) is 0 Å². The molecule has 0 fully saturated rings. The van der Waals surface area contributed by atoms with E-state index in [2.05, 4.69) is 41.2 Å². The Hall–Kier alpha value is -3.27. The van der Waals surface area contributed by atoms with Crippen LogP contribution in [0.5, 0.6) is 0 Å². The lowest BCUT2D eigenvalue weighted by atomic mass is 10.0. The van der Waals surface area contributed by atoms with Crippen molar-refractivity contribution in [2.24, 2.45) is 0 Å². The Labute approximate surface area is 206 Å². The summed E-state index contributed by atoms with van der Waals surface area (Å²) >= 11 is 4.20. The molecule has 2 unspecified atom stereocenters. The second-order valence-corrected chi connectivity index (χ2v) is 8.60. The van der Waals surface area contributed by atoms with Crippen LogP contribution in [0, 0.1) is 0 Å². The summed E-state index contributed by atoms with van der Waals surface area (Å²) in [4.78, 5) is 51.8. The van der Waals surface area contributed by atoms with E-state index in [-0.39, 0.29) is 18.8 Å². The fourth-order valence-corrected chi connectivity index (χ4v) is 3.20. The molecule has 34 heavy (non-hydrogen) atoms. The molecule has 0 radical (unpaired) electrons. The van der Waals surface area contributed by atoms with E-state index in [0.29, 0.717) is 5.56 Å². The van der Waals surface area contributed by atoms with E-state index in [1.54, 1.807) is 51.1 Å². The third-order valence-corrected chi connectivity index (χ3v) is 4.80. The fraction of sp³-hybridized carbons (Fsp3) is 0.417. The largest absolute Gasteiger partial charge is 0.468 e. The Kier molecular flexibility index (Phi) is 11.4. The number of hydrogen-bond acceptors (Lipinski definition) is 7. The highest BCUT2D eigenvalue weighted by Crippen LogP contribution is 2.24. The highest BCUT2D eigenvalue weighted by molar-refractivity contribution is 7.80. The number of thiol groups is 1. The zero-order valence-electron chi connectivity index (χ0n) is 20.0. The summed E-state index contributed by atoms with van der Waals surface area (Å²) in [6.45, 7) is 12.1. The molecule has 0 aliphatic heterocycles. The van der Waals surface area contributed by atoms with Crippen LogP contribution in [-0.4, -0.2) is 66.4 Å². The van der Waals surface area contributed by atoms with Gasteiger partial charge in [-0.2, -0.15) is 12.6 Å². The minimum Gasteiger partial charge on any atom is -0.468 e. The molecule has 186 valence electrons. The molecular formula is C24H33N3O6S. The number of rotatable bonds is 11. The number of ether oxygens (including phenoxy) is 2. The summed E-state index contributed by atoms with van der Waals surface area (Å²) in [6.07, 6.45) is 2.27. The first-order valence-corrected chi connectivity index (χ1v) is 11.2. The summed E-state index contributed by atoms with van der Waals surface area (Å²) in [5.41, 5.74) is 0.438. The SMILES string of the molecule is C=CCN(C(=O)C(CS)NC(=O)OC(C)(C)C)C(C(=O)NCC(=O)OC)c1cccc(C=C)c1. The summed E-state index contributed by atoms with van der Waals surface area (Å²) in [7, 11) is 1.20. The normalized spacial score (nSPS) is 12.5. The van der Waals surface area contributed by atoms with Crippen LogP contribution >= 0.6 is 12.6 Å². The Bertz CT molecular complexity index is 912. The van der Waals surface area contributed by atoms with Gasteiger partial charge in [0, 0.05) is 12.3 Å². The van der Waals surface area contributed by atoms with Gasteiger partial charge in [0.05, 0.1) is 7.11 Å². The lowest BCUT2D eigenvalue weighted by Gasteiger charge is -2.33. The van der Waals surface area contributed by atoms with Gasteiger partial charge in [0.2, 0.25) is 11.8 Å². The van der Waals surface area contributed by atoms with E-state index in [4.69, 9.17) is 4.74 Å². The zero-order valence-corrected chi connectivity index (χ0v) is 20.9. The summed E-state index contributed by atoms with van der Waals surface area (Å²) in [5.74, 6) is -1.89. The van der Waals surface area contributed by atoms with Crippen molar-refractivity contribution in [1.82, 2.24) is 15.5 Å². The highest BCUT2D eigenvalue weighted by Gasteiger charge is 2.35. The fourth-order valence-electron chi connectivity index (χ4n) is 2.95. The van der Waals surface area contributed by atoms with Crippen LogP contribution in [0.15, 0.2) is 43.5 Å². The molecule has 10 heteroatoms. The van der Waals surface area contributed by atoms with Crippen LogP contribution in [-0.2, 0) is 23.9 Å². The summed E-state index contributed by atoms with van der Waals surface area (Å²) in [5, 5.41) is 5.00. The molecule has 2 atom stereocenters. The predicted molar refractivity (Wildman–Crippen MR) is 133 cm³/mol. The van der Waals surface area contributed by atoms with E-state index < -0.39 is 41.6 Å². The number of amides is 3. The molecule has 1 rings (SSSR count). The van der Waals surface area contributed by atoms with E-state index >= 15 is 0 Å². The van der Waals surface area contributed by atoms with Gasteiger partial charge >= 0.3 is 12.1 Å². The van der Waals surface area contributed by atoms with Gasteiger partial charge in [-0.15, -0.1) is 6.58 Å². The Balaban J connectivity index is 3.37. The minimum atomic E-state index is -1.14. The van der Waals surface area contributed by atoms with Crippen LogP contribution in [0.2, 0.25) is 0 Å². The van der Waals surface area contributed by atoms with Crippen LogP contribution in [0.4, 0.5) is 4.79 Å². The average molecular weight is 492 g/mol. The second-order valence-electron chi connectivity index (χ2n) is 8.23. The van der Waals surface area contributed by atoms with Crippen molar-refractivity contribution >= 4 is 42.6 Å². The van der Waals surface area contributed by atoms with Crippen molar-refractivity contribution in [1.29, 1.82) is 0 Å². The third kappa shape index (κ3) is 8.93. The monoisotopic (exact) mass is 491 g/mol. The number of nitrogens with one attached hydrogen (secondary N) is 2. The molecule has 0 aliphatic carbocycles. The Morgan fingerprint density at radius 3 is 2.41 bits per heavy atom. The van der Waals surface area contributed by atoms with E-state index in [0.717, 1.165) is 5.56 Å². The maximum absolute atomic E-state index is 13.5. The number of hydrogen-bond donors (Lipinski definition) is 3. The lowest BCUT2D eigenvalue weighted by Crippen LogP contribution is -2.54. The molecule has 0 bridgehead atoms. The van der Waals surface area contributed by atoms with Crippen molar-refractivity contribution in [3.8, 4) is 0 Å². The number of benzene rings is 1. The van der Waals surface area contributed by atoms with Gasteiger partial charge in [-0.25, -0.2) is 4.79 Å². The van der Waals surface area contributed by atoms with Gasteiger partial charge in [0.1, 0.15) is 24.2 Å². The first-order valence-electron chi connectivity index (χ1n) is 10.6. The molecule has 1 aromatic rings. The zero-order chi connectivity index (χ0) is 25.9. The van der Waals surface area contributed by atoms with Gasteiger partial charge in [0.15, 0.2) is 0 Å². The number of alkyl carbamates (subject to hydrolysis) is 1. The molecule has 2 N–H and O–H groups in total. The van der Waals surface area contributed by atoms with Crippen molar-refractivity contribution in [2.45, 2.75) is 38.5 Å². The predicted octanol–water partition coefficient (Wildman–Crippen LogP) is 2.50. The van der Waals surface area contributed by atoms with Gasteiger partial charge in [-0.3, -0.25) is 14.4 Å². The van der Waals surface area contributed by atoms with Gasteiger partial charge in [-0.05, 0) is 38.0 Å². The number of esters is 1. The average Bonchev–Trinajstić information content (AvgIpc) is 2.79. The maximum Gasteiger partial charge on any atom is 0.408 e. The van der Waals surface area contributed by atoms with Crippen molar-refractivity contribution in [3.63, 3.8) is 0 Å². The van der Waals surface area contributed by atoms with Crippen molar-refractivity contribution in [3.05, 3.63) is 54.6 Å². The molecule has 0 saturated carbocycles. The van der Waals surface area contributed by atoms with Gasteiger partial charge in [-0.1, -0.05) is 36.9 Å². The van der Waals surface area contributed by atoms with E-state index in [1.165, 1.54) is 18.1 Å². The van der Waals surface area contributed by atoms with Crippen LogP contribution < -0.4 is 10.6 Å². The smallest absolute Gasteiger partial charge is 0.408 e. The summed E-state index contributed by atoms with van der Waals surface area (Å²) < 4.78 is 9.83.